The van der Waals surface area contributed by atoms with Crippen LogP contribution in [0, 0.1) is 0 Å². The number of ether oxygens (including phenoxy) is 1. The van der Waals surface area contributed by atoms with Gasteiger partial charge in [-0.05, 0) is 0 Å². The summed E-state index contributed by atoms with van der Waals surface area (Å²) in [5, 5.41) is 0. The summed E-state index contributed by atoms with van der Waals surface area (Å²) in [5.41, 5.74) is 0.656. The summed E-state index contributed by atoms with van der Waals surface area (Å²) in [6, 6.07) is 7.22. The zero-order chi connectivity index (χ0) is 8.27. The number of carbonyl (C=O) groups is 1. The molecule has 1 aromatic rings. The van der Waals surface area contributed by atoms with Crippen LogP contribution >= 0.6 is 0 Å². The van der Waals surface area contributed by atoms with E-state index < -0.39 is 0 Å². The number of hydrogen-bond acceptors (Lipinski definition) is 2. The topological polar surface area (TPSA) is 26.3 Å². The third-order valence-corrected chi connectivity index (χ3v) is 2.02. The fraction of sp³-hybridized carbons (Fsp3) is 0.125. The van der Waals surface area contributed by atoms with Crippen molar-refractivity contribution >= 4 is 77.5 Å². The molecule has 0 atom stereocenters. The van der Waals surface area contributed by atoms with Gasteiger partial charge in [-0.2, -0.15) is 0 Å². The van der Waals surface area contributed by atoms with Gasteiger partial charge in [0.15, 0.2) is 0 Å². The summed E-state index contributed by atoms with van der Waals surface area (Å²) in [6.07, 6.45) is 0. The molecule has 60 valence electrons. The van der Waals surface area contributed by atoms with Crippen LogP contribution in [0.1, 0.15) is 10.4 Å². The Labute approximate surface area is 127 Å². The van der Waals surface area contributed by atoms with Crippen molar-refractivity contribution in [3.05, 3.63) is 29.8 Å². The van der Waals surface area contributed by atoms with E-state index in [2.05, 4.69) is 0 Å². The second-order valence-electron chi connectivity index (χ2n) is 2.01. The zero-order valence-electron chi connectivity index (χ0n) is 6.07. The van der Waals surface area contributed by atoms with E-state index >= 15 is 0 Å². The van der Waals surface area contributed by atoms with E-state index in [1.54, 1.807) is 19.2 Å². The molecule has 0 unspecified atom stereocenters. The maximum atomic E-state index is 11.0. The van der Waals surface area contributed by atoms with Gasteiger partial charge in [0.1, 0.15) is 0 Å². The van der Waals surface area contributed by atoms with Gasteiger partial charge in [0.2, 0.25) is 0 Å². The normalized spacial score (nSPS) is 8.50. The van der Waals surface area contributed by atoms with Crippen LogP contribution < -0.4 is 4.74 Å². The van der Waals surface area contributed by atoms with E-state index in [-0.39, 0.29) is 55.2 Å². The quantitative estimate of drug-likeness (QED) is 0.724. The molecule has 1 aromatic carbocycles. The van der Waals surface area contributed by atoms with Gasteiger partial charge in [-0.3, -0.25) is 0 Å². The zero-order valence-corrected chi connectivity index (χ0v) is 8.63. The summed E-state index contributed by atoms with van der Waals surface area (Å²) < 4.78 is 5.07. The van der Waals surface area contributed by atoms with Gasteiger partial charge >= 0.3 is 130 Å². The van der Waals surface area contributed by atoms with Gasteiger partial charge in [0.25, 0.3) is 0 Å². The molecule has 2 nitrogen and oxygen atoms in total. The second-order valence-corrected chi connectivity index (χ2v) is 3.16. The van der Waals surface area contributed by atoms with Crippen molar-refractivity contribution in [3.8, 4) is 5.75 Å². The number of benzene rings is 1. The Morgan fingerprint density at radius 2 is 2.00 bits per heavy atom. The van der Waals surface area contributed by atoms with E-state index in [1.807, 2.05) is 12.1 Å². The fourth-order valence-electron chi connectivity index (χ4n) is 0.821. The Bertz CT molecular complexity index is 276. The first-order chi connectivity index (χ1) is 5.25. The molecule has 0 aliphatic rings. The van der Waals surface area contributed by atoms with Crippen molar-refractivity contribution in [2.24, 2.45) is 0 Å². The molecule has 0 fully saturated rings. The predicted octanol–water partition coefficient (Wildman–Crippen LogP) is 0.0877. The van der Waals surface area contributed by atoms with Crippen LogP contribution in [-0.2, 0) is 0 Å². The van der Waals surface area contributed by atoms with Gasteiger partial charge in [-0.15, -0.1) is 0 Å². The van der Waals surface area contributed by atoms with Crippen molar-refractivity contribution in [2.45, 2.75) is 0 Å². The van der Waals surface area contributed by atoms with Crippen molar-refractivity contribution in [3.63, 3.8) is 0 Å². The molecule has 0 amide bonds. The molecule has 0 bridgehead atoms. The van der Waals surface area contributed by atoms with Crippen LogP contribution in [0.3, 0.4) is 0 Å². The minimum absolute atomic E-state index is 0. The summed E-state index contributed by atoms with van der Waals surface area (Å²) in [7, 11) is 1.56. The van der Waals surface area contributed by atoms with E-state index in [0.29, 0.717) is 11.3 Å². The minimum atomic E-state index is 0. The van der Waals surface area contributed by atoms with Crippen LogP contribution in [0.4, 0.5) is 0 Å². The maximum absolute atomic E-state index is 11.0. The molecule has 12 heavy (non-hydrogen) atoms. The molecule has 4 heteroatoms. The Morgan fingerprint density at radius 1 is 1.42 bits per heavy atom. The molecular formula is C8H9KO2Te. The van der Waals surface area contributed by atoms with Gasteiger partial charge < -0.3 is 0 Å². The summed E-state index contributed by atoms with van der Waals surface area (Å²) in [4.78, 5) is 11.0. The van der Waals surface area contributed by atoms with Crippen LogP contribution in [0.25, 0.3) is 0 Å². The SMILES string of the molecule is COc1ccccc1C(=O)[TeH].[KH]. The first kappa shape index (κ1) is 13.1. The molecule has 0 radical (unpaired) electrons. The number of para-hydroxylation sites is 1. The first-order valence-electron chi connectivity index (χ1n) is 3.12. The standard InChI is InChI=1S/C8H8O2Te.K.H/c1-10-7-5-3-2-4-6(7)8(9)11;;/h2-5H,1H3,(H,9,11);;. The first-order valence-corrected chi connectivity index (χ1v) is 4.39. The molecule has 0 N–H and O–H groups in total. The molecule has 0 saturated carbocycles. The number of carbonyl (C=O) groups excluding carboxylic acids is 1. The number of hydrogen-bond donors (Lipinski definition) is 0. The van der Waals surface area contributed by atoms with E-state index in [1.165, 1.54) is 22.3 Å². The van der Waals surface area contributed by atoms with Crippen LogP contribution in [-0.4, -0.2) is 84.6 Å². The van der Waals surface area contributed by atoms with Crippen molar-refractivity contribution in [1.29, 1.82) is 0 Å². The Balaban J connectivity index is 0.00000121. The van der Waals surface area contributed by atoms with Gasteiger partial charge in [-0.25, -0.2) is 0 Å². The molecule has 0 heterocycles. The predicted molar refractivity (Wildman–Crippen MR) is 51.6 cm³/mol. The Kier molecular flexibility index (Phi) is 7.16. The van der Waals surface area contributed by atoms with Gasteiger partial charge in [-0.1, -0.05) is 0 Å². The fourth-order valence-corrected chi connectivity index (χ4v) is 1.35. The Hall–Kier alpha value is 1.12. The molecule has 0 saturated heterocycles. The molecule has 0 aliphatic carbocycles. The van der Waals surface area contributed by atoms with E-state index in [4.69, 9.17) is 4.74 Å². The third kappa shape index (κ3) is 3.47. The van der Waals surface area contributed by atoms with E-state index in [0.717, 1.165) is 0 Å². The number of rotatable bonds is 2. The van der Waals surface area contributed by atoms with Gasteiger partial charge in [0, 0.05) is 0 Å². The van der Waals surface area contributed by atoms with Crippen LogP contribution in [0.15, 0.2) is 24.3 Å². The Morgan fingerprint density at radius 3 is 2.42 bits per heavy atom. The average Bonchev–Trinajstić information content (AvgIpc) is 2.04. The van der Waals surface area contributed by atoms with Crippen LogP contribution in [0.5, 0.6) is 5.75 Å². The second kappa shape index (κ2) is 6.55. The van der Waals surface area contributed by atoms with Crippen molar-refractivity contribution < 1.29 is 9.53 Å². The molecule has 0 aromatic heterocycles. The summed E-state index contributed by atoms with van der Waals surface area (Å²) in [6.45, 7) is 0. The summed E-state index contributed by atoms with van der Waals surface area (Å²) >= 11 is 1.17. The molecule has 1 rings (SSSR count). The number of methoxy groups -OCH3 is 1. The van der Waals surface area contributed by atoms with Crippen molar-refractivity contribution in [2.75, 3.05) is 7.11 Å². The van der Waals surface area contributed by atoms with Crippen molar-refractivity contribution in [1.82, 2.24) is 0 Å². The average molecular weight is 304 g/mol. The molecule has 0 spiro atoms. The molecular weight excluding hydrogens is 295 g/mol. The van der Waals surface area contributed by atoms with Crippen LogP contribution in [0.2, 0.25) is 0 Å². The third-order valence-electron chi connectivity index (χ3n) is 1.34. The monoisotopic (exact) mass is 306 g/mol. The van der Waals surface area contributed by atoms with Gasteiger partial charge in [0.05, 0.1) is 0 Å². The summed E-state index contributed by atoms with van der Waals surface area (Å²) in [5.74, 6) is 0.651. The molecule has 0 aliphatic heterocycles. The van der Waals surface area contributed by atoms with E-state index in [9.17, 15) is 4.79 Å².